The summed E-state index contributed by atoms with van der Waals surface area (Å²) in [6.07, 6.45) is -1.99. The molecule has 1 aromatic heterocycles. The van der Waals surface area contributed by atoms with Gasteiger partial charge in [0.05, 0.1) is 12.7 Å². The van der Waals surface area contributed by atoms with E-state index in [1.54, 1.807) is 12.1 Å². The summed E-state index contributed by atoms with van der Waals surface area (Å²) in [6.45, 7) is 5.28. The Kier molecular flexibility index (Phi) is 8.80. The first-order valence-corrected chi connectivity index (χ1v) is 14.0. The summed E-state index contributed by atoms with van der Waals surface area (Å²) in [5, 5.41) is 13.7. The number of carbonyl (C=O) groups excluding carboxylic acids is 2. The maximum absolute atomic E-state index is 14.1. The van der Waals surface area contributed by atoms with E-state index in [-0.39, 0.29) is 40.7 Å². The quantitative estimate of drug-likeness (QED) is 0.405. The fourth-order valence-corrected chi connectivity index (χ4v) is 5.96. The standard InChI is InChI=1S/C29H36ClF3N4O4/c1-18(2)34-25(38)22-8-9-23(35-24(22)30)37-14-11-27(12-15-37)17-20(27)10-13-36(3)26(39)28(40,29(31,32)33)19-6-5-7-21(16-19)41-4/h5-9,16,18,20,40H,10-15,17H2,1-4H3,(H,34,38)/t20-,28-/m1/s1. The first kappa shape index (κ1) is 30.9. The highest BCUT2D eigenvalue weighted by molar-refractivity contribution is 6.32. The number of hydrogen-bond donors (Lipinski definition) is 2. The second-order valence-corrected chi connectivity index (χ2v) is 11.7. The van der Waals surface area contributed by atoms with Gasteiger partial charge in [-0.2, -0.15) is 13.2 Å². The van der Waals surface area contributed by atoms with Crippen molar-refractivity contribution in [2.45, 2.75) is 57.3 Å². The number of alkyl halides is 3. The van der Waals surface area contributed by atoms with E-state index >= 15 is 0 Å². The monoisotopic (exact) mass is 596 g/mol. The van der Waals surface area contributed by atoms with E-state index < -0.39 is 23.2 Å². The Morgan fingerprint density at radius 2 is 1.93 bits per heavy atom. The van der Waals surface area contributed by atoms with Crippen LogP contribution in [0.15, 0.2) is 36.4 Å². The molecule has 0 bridgehead atoms. The van der Waals surface area contributed by atoms with Gasteiger partial charge in [-0.1, -0.05) is 23.7 Å². The van der Waals surface area contributed by atoms with Crippen LogP contribution in [-0.2, 0) is 10.4 Å². The van der Waals surface area contributed by atoms with Crippen LogP contribution in [0.3, 0.4) is 0 Å². The lowest BCUT2D eigenvalue weighted by Crippen LogP contribution is -2.55. The van der Waals surface area contributed by atoms with Gasteiger partial charge in [-0.05, 0) is 75.1 Å². The lowest BCUT2D eigenvalue weighted by molar-refractivity contribution is -0.261. The molecule has 12 heteroatoms. The number of ether oxygens (including phenoxy) is 1. The smallest absolute Gasteiger partial charge is 0.430 e. The Balaban J connectivity index is 1.34. The molecule has 2 N–H and O–H groups in total. The molecule has 4 rings (SSSR count). The van der Waals surface area contributed by atoms with Crippen LogP contribution >= 0.6 is 11.6 Å². The maximum atomic E-state index is 14.1. The van der Waals surface area contributed by atoms with Crippen LogP contribution in [0.5, 0.6) is 5.75 Å². The number of nitrogens with zero attached hydrogens (tertiary/aromatic N) is 3. The van der Waals surface area contributed by atoms with Gasteiger partial charge in [-0.3, -0.25) is 9.59 Å². The summed E-state index contributed by atoms with van der Waals surface area (Å²) in [4.78, 5) is 32.8. The van der Waals surface area contributed by atoms with Gasteiger partial charge in [-0.15, -0.1) is 0 Å². The summed E-state index contributed by atoms with van der Waals surface area (Å²) in [5.41, 5.74) is -3.86. The average Bonchev–Trinajstić information content (AvgIpc) is 3.60. The minimum absolute atomic E-state index is 0.0234. The minimum atomic E-state index is -5.22. The topological polar surface area (TPSA) is 95.0 Å². The maximum Gasteiger partial charge on any atom is 0.430 e. The fourth-order valence-electron chi connectivity index (χ4n) is 5.73. The number of aromatic nitrogens is 1. The van der Waals surface area contributed by atoms with Crippen molar-refractivity contribution in [3.63, 3.8) is 0 Å². The molecule has 1 saturated carbocycles. The highest BCUT2D eigenvalue weighted by Crippen LogP contribution is 2.61. The van der Waals surface area contributed by atoms with Gasteiger partial charge in [0.2, 0.25) is 0 Å². The summed E-state index contributed by atoms with van der Waals surface area (Å²) >= 11 is 6.30. The molecule has 8 nitrogen and oxygen atoms in total. The number of benzene rings is 1. The second-order valence-electron chi connectivity index (χ2n) is 11.3. The number of likely N-dealkylation sites (N-methyl/N-ethyl adjacent to an activating group) is 1. The third kappa shape index (κ3) is 6.25. The Labute approximate surface area is 242 Å². The van der Waals surface area contributed by atoms with Crippen molar-refractivity contribution < 1.29 is 32.6 Å². The highest BCUT2D eigenvalue weighted by Gasteiger charge is 2.62. The molecular weight excluding hydrogens is 561 g/mol. The van der Waals surface area contributed by atoms with E-state index in [1.165, 1.54) is 26.3 Å². The van der Waals surface area contributed by atoms with Gasteiger partial charge in [0, 0.05) is 38.3 Å². The van der Waals surface area contributed by atoms with Crippen molar-refractivity contribution in [3.05, 3.63) is 52.7 Å². The molecule has 41 heavy (non-hydrogen) atoms. The minimum Gasteiger partial charge on any atom is -0.497 e. The van der Waals surface area contributed by atoms with Crippen molar-refractivity contribution in [3.8, 4) is 5.75 Å². The molecular formula is C29H36ClF3N4O4. The second kappa shape index (κ2) is 11.7. The SMILES string of the molecule is COc1cccc([C@@](O)(C(=O)N(C)CC[C@@H]2CC23CCN(c2ccc(C(=O)NC(C)C)c(Cl)n2)CC3)C(F)(F)F)c1. The Morgan fingerprint density at radius 3 is 2.51 bits per heavy atom. The van der Waals surface area contributed by atoms with Gasteiger partial charge in [0.25, 0.3) is 17.4 Å². The van der Waals surface area contributed by atoms with Crippen molar-refractivity contribution in [2.75, 3.05) is 38.7 Å². The zero-order valence-corrected chi connectivity index (χ0v) is 24.3. The van der Waals surface area contributed by atoms with Crippen molar-refractivity contribution in [1.82, 2.24) is 15.2 Å². The molecule has 2 aliphatic rings. The molecule has 2 amide bonds. The summed E-state index contributed by atoms with van der Waals surface area (Å²) < 4.78 is 47.2. The number of aliphatic hydroxyl groups is 1. The van der Waals surface area contributed by atoms with Crippen LogP contribution in [0.4, 0.5) is 19.0 Å². The first-order chi connectivity index (χ1) is 19.2. The number of anilines is 1. The predicted octanol–water partition coefficient (Wildman–Crippen LogP) is 4.79. The van der Waals surface area contributed by atoms with Gasteiger partial charge in [-0.25, -0.2) is 4.98 Å². The number of carbonyl (C=O) groups is 2. The highest BCUT2D eigenvalue weighted by atomic mass is 35.5. The molecule has 2 heterocycles. The van der Waals surface area contributed by atoms with Gasteiger partial charge >= 0.3 is 6.18 Å². The molecule has 1 aliphatic heterocycles. The van der Waals surface area contributed by atoms with E-state index in [2.05, 4.69) is 15.2 Å². The normalized spacial score (nSPS) is 19.6. The van der Waals surface area contributed by atoms with E-state index in [4.69, 9.17) is 16.3 Å². The van der Waals surface area contributed by atoms with Gasteiger partial charge < -0.3 is 25.0 Å². The molecule has 224 valence electrons. The first-order valence-electron chi connectivity index (χ1n) is 13.6. The third-order valence-electron chi connectivity index (χ3n) is 8.31. The van der Waals surface area contributed by atoms with Crippen LogP contribution in [0.1, 0.15) is 55.5 Å². The lowest BCUT2D eigenvalue weighted by atomic mass is 9.89. The van der Waals surface area contributed by atoms with Crippen molar-refractivity contribution in [2.24, 2.45) is 11.3 Å². The number of nitrogens with one attached hydrogen (secondary N) is 1. The van der Waals surface area contributed by atoms with Crippen LogP contribution < -0.4 is 15.0 Å². The molecule has 1 saturated heterocycles. The predicted molar refractivity (Wildman–Crippen MR) is 149 cm³/mol. The number of rotatable bonds is 9. The average molecular weight is 597 g/mol. The molecule has 1 aliphatic carbocycles. The molecule has 2 fully saturated rings. The Hall–Kier alpha value is -3.05. The van der Waals surface area contributed by atoms with Crippen LogP contribution in [0, 0.1) is 11.3 Å². The number of pyridine rings is 1. The third-order valence-corrected chi connectivity index (χ3v) is 8.60. The zero-order valence-electron chi connectivity index (χ0n) is 23.6. The molecule has 0 radical (unpaired) electrons. The molecule has 1 spiro atoms. The largest absolute Gasteiger partial charge is 0.497 e. The molecule has 2 aromatic rings. The molecule has 2 atom stereocenters. The van der Waals surface area contributed by atoms with E-state index in [0.29, 0.717) is 17.8 Å². The number of hydrogen-bond acceptors (Lipinski definition) is 6. The molecule has 1 aromatic carbocycles. The van der Waals surface area contributed by atoms with E-state index in [1.807, 2.05) is 13.8 Å². The van der Waals surface area contributed by atoms with Crippen LogP contribution in [-0.4, -0.2) is 72.8 Å². The summed E-state index contributed by atoms with van der Waals surface area (Å²) in [7, 11) is 2.59. The number of halogens is 4. The fraction of sp³-hybridized carbons (Fsp3) is 0.552. The van der Waals surface area contributed by atoms with Gasteiger partial charge in [0.1, 0.15) is 16.7 Å². The zero-order chi connectivity index (χ0) is 30.2. The van der Waals surface area contributed by atoms with Gasteiger partial charge in [0.15, 0.2) is 0 Å². The number of amides is 2. The van der Waals surface area contributed by atoms with E-state index in [9.17, 15) is 27.9 Å². The van der Waals surface area contributed by atoms with Crippen molar-refractivity contribution in [1.29, 1.82) is 0 Å². The number of piperidine rings is 1. The van der Waals surface area contributed by atoms with Crippen LogP contribution in [0.25, 0.3) is 0 Å². The summed E-state index contributed by atoms with van der Waals surface area (Å²) in [6, 6.07) is 8.28. The summed E-state index contributed by atoms with van der Waals surface area (Å²) in [5.74, 6) is -0.622. The molecule has 0 unspecified atom stereocenters. The lowest BCUT2D eigenvalue weighted by Gasteiger charge is -2.35. The Morgan fingerprint density at radius 1 is 1.24 bits per heavy atom. The Bertz CT molecular complexity index is 1280. The van der Waals surface area contributed by atoms with Crippen molar-refractivity contribution >= 4 is 29.2 Å². The van der Waals surface area contributed by atoms with E-state index in [0.717, 1.165) is 49.4 Å². The number of methoxy groups -OCH3 is 1. The van der Waals surface area contributed by atoms with Crippen LogP contribution in [0.2, 0.25) is 5.15 Å².